The number of amides is 2. The molecule has 1 N–H and O–H groups in total. The highest BCUT2D eigenvalue weighted by molar-refractivity contribution is 7.13. The molecular formula is C21H19FN4O3S. The van der Waals surface area contributed by atoms with E-state index in [9.17, 15) is 14.0 Å². The number of aromatic nitrogens is 2. The van der Waals surface area contributed by atoms with Gasteiger partial charge in [0, 0.05) is 12.2 Å². The van der Waals surface area contributed by atoms with E-state index in [1.807, 2.05) is 18.2 Å². The summed E-state index contributed by atoms with van der Waals surface area (Å²) in [5.41, 5.74) is 0.340. The SMILES string of the molecule is O=C(Nc1cccc(F)c1)c1nnc(C2CCCN2C(=O)COc2ccccc2)s1. The maximum absolute atomic E-state index is 13.3. The minimum Gasteiger partial charge on any atom is -0.484 e. The van der Waals surface area contributed by atoms with Gasteiger partial charge >= 0.3 is 0 Å². The van der Waals surface area contributed by atoms with E-state index in [0.717, 1.165) is 24.2 Å². The summed E-state index contributed by atoms with van der Waals surface area (Å²) in [5, 5.41) is 11.5. The second-order valence-electron chi connectivity index (χ2n) is 6.76. The fraction of sp³-hybridized carbons (Fsp3) is 0.238. The van der Waals surface area contributed by atoms with E-state index < -0.39 is 11.7 Å². The van der Waals surface area contributed by atoms with Crippen molar-refractivity contribution < 1.29 is 18.7 Å². The Morgan fingerprint density at radius 1 is 1.17 bits per heavy atom. The molecule has 1 aliphatic heterocycles. The average Bonchev–Trinajstić information content (AvgIpc) is 3.42. The average molecular weight is 426 g/mol. The van der Waals surface area contributed by atoms with Gasteiger partial charge in [0.15, 0.2) is 6.61 Å². The summed E-state index contributed by atoms with van der Waals surface area (Å²) in [4.78, 5) is 26.8. The molecule has 1 fully saturated rings. The van der Waals surface area contributed by atoms with Gasteiger partial charge in [0.05, 0.1) is 6.04 Å². The molecule has 30 heavy (non-hydrogen) atoms. The zero-order valence-corrected chi connectivity index (χ0v) is 16.8. The fourth-order valence-corrected chi connectivity index (χ4v) is 4.16. The van der Waals surface area contributed by atoms with E-state index in [0.29, 0.717) is 23.0 Å². The van der Waals surface area contributed by atoms with Crippen LogP contribution in [0.3, 0.4) is 0 Å². The molecule has 0 aliphatic carbocycles. The summed E-state index contributed by atoms with van der Waals surface area (Å²) in [6.45, 7) is 0.540. The van der Waals surface area contributed by atoms with E-state index in [4.69, 9.17) is 4.74 Å². The quantitative estimate of drug-likeness (QED) is 0.650. The van der Waals surface area contributed by atoms with Gasteiger partial charge in [-0.25, -0.2) is 4.39 Å². The molecular weight excluding hydrogens is 407 g/mol. The highest BCUT2D eigenvalue weighted by Crippen LogP contribution is 2.33. The van der Waals surface area contributed by atoms with Gasteiger partial charge in [0.1, 0.15) is 16.6 Å². The lowest BCUT2D eigenvalue weighted by molar-refractivity contribution is -0.134. The van der Waals surface area contributed by atoms with Crippen LogP contribution >= 0.6 is 11.3 Å². The zero-order chi connectivity index (χ0) is 20.9. The minimum absolute atomic E-state index is 0.0633. The van der Waals surface area contributed by atoms with Crippen molar-refractivity contribution in [3.05, 3.63) is 70.4 Å². The number of hydrogen-bond acceptors (Lipinski definition) is 6. The van der Waals surface area contributed by atoms with Crippen LogP contribution in [0, 0.1) is 5.82 Å². The van der Waals surface area contributed by atoms with Gasteiger partial charge in [0.25, 0.3) is 11.8 Å². The topological polar surface area (TPSA) is 84.4 Å². The number of rotatable bonds is 6. The number of anilines is 1. The molecule has 1 aliphatic rings. The van der Waals surface area contributed by atoms with Gasteiger partial charge in [0.2, 0.25) is 5.01 Å². The number of ether oxygens (including phenoxy) is 1. The molecule has 1 saturated heterocycles. The molecule has 2 heterocycles. The van der Waals surface area contributed by atoms with Gasteiger partial charge in [-0.05, 0) is 43.2 Å². The lowest BCUT2D eigenvalue weighted by Crippen LogP contribution is -2.34. The molecule has 0 saturated carbocycles. The largest absolute Gasteiger partial charge is 0.484 e. The Morgan fingerprint density at radius 2 is 2.00 bits per heavy atom. The van der Waals surface area contributed by atoms with Crippen molar-refractivity contribution in [3.63, 3.8) is 0 Å². The van der Waals surface area contributed by atoms with Crippen molar-refractivity contribution in [1.29, 1.82) is 0 Å². The van der Waals surface area contributed by atoms with Crippen molar-refractivity contribution in [2.45, 2.75) is 18.9 Å². The van der Waals surface area contributed by atoms with Gasteiger partial charge in [-0.2, -0.15) is 0 Å². The second kappa shape index (κ2) is 9.00. The standard InChI is InChI=1S/C21H19FN4O3S/c22-14-6-4-7-15(12-14)23-19(28)21-25-24-20(30-21)17-10-5-11-26(17)18(27)13-29-16-8-2-1-3-9-16/h1-4,6-9,12,17H,5,10-11,13H2,(H,23,28). The molecule has 9 heteroatoms. The van der Waals surface area contributed by atoms with Crippen molar-refractivity contribution in [2.24, 2.45) is 0 Å². The van der Waals surface area contributed by atoms with Crippen LogP contribution < -0.4 is 10.1 Å². The number of para-hydroxylation sites is 1. The van der Waals surface area contributed by atoms with Crippen LogP contribution in [-0.2, 0) is 4.79 Å². The van der Waals surface area contributed by atoms with Crippen molar-refractivity contribution in [1.82, 2.24) is 15.1 Å². The number of carbonyl (C=O) groups excluding carboxylic acids is 2. The number of carbonyl (C=O) groups is 2. The van der Waals surface area contributed by atoms with Crippen LogP contribution in [0.1, 0.15) is 33.7 Å². The minimum atomic E-state index is -0.465. The number of halogens is 1. The van der Waals surface area contributed by atoms with Crippen molar-refractivity contribution in [2.75, 3.05) is 18.5 Å². The lowest BCUT2D eigenvalue weighted by Gasteiger charge is -2.22. The zero-order valence-electron chi connectivity index (χ0n) is 16.0. The number of benzene rings is 2. The van der Waals surface area contributed by atoms with Crippen LogP contribution in [0.4, 0.5) is 10.1 Å². The maximum Gasteiger partial charge on any atom is 0.286 e. The van der Waals surface area contributed by atoms with Crippen LogP contribution in [0.5, 0.6) is 5.75 Å². The Morgan fingerprint density at radius 3 is 2.80 bits per heavy atom. The Labute approximate surface area is 176 Å². The first kappa shape index (κ1) is 20.0. The molecule has 0 bridgehead atoms. The van der Waals surface area contributed by atoms with Crippen molar-refractivity contribution in [3.8, 4) is 5.75 Å². The summed E-state index contributed by atoms with van der Waals surface area (Å²) in [5.74, 6) is -0.410. The predicted molar refractivity (Wildman–Crippen MR) is 110 cm³/mol. The maximum atomic E-state index is 13.3. The molecule has 0 radical (unpaired) electrons. The van der Waals surface area contributed by atoms with Gasteiger partial charge in [-0.3, -0.25) is 9.59 Å². The Kier molecular flexibility index (Phi) is 5.99. The molecule has 0 spiro atoms. The van der Waals surface area contributed by atoms with Gasteiger partial charge in [-0.15, -0.1) is 10.2 Å². The molecule has 2 aromatic carbocycles. The number of hydrogen-bond donors (Lipinski definition) is 1. The summed E-state index contributed by atoms with van der Waals surface area (Å²) in [6, 6.07) is 14.5. The van der Waals surface area contributed by atoms with Gasteiger partial charge in [-0.1, -0.05) is 35.6 Å². The van der Waals surface area contributed by atoms with Crippen LogP contribution in [0.25, 0.3) is 0 Å². The molecule has 154 valence electrons. The Bertz CT molecular complexity index is 1040. The number of nitrogens with one attached hydrogen (secondary N) is 1. The summed E-state index contributed by atoms with van der Waals surface area (Å²) >= 11 is 1.13. The van der Waals surface area contributed by atoms with Crippen molar-refractivity contribution >= 4 is 28.8 Å². The summed E-state index contributed by atoms with van der Waals surface area (Å²) < 4.78 is 18.9. The van der Waals surface area contributed by atoms with E-state index >= 15 is 0 Å². The van der Waals surface area contributed by atoms with Gasteiger partial charge < -0.3 is 15.0 Å². The first-order valence-electron chi connectivity index (χ1n) is 9.48. The van der Waals surface area contributed by atoms with E-state index in [1.54, 1.807) is 23.1 Å². The Hall–Kier alpha value is -3.33. The van der Waals surface area contributed by atoms with Crippen LogP contribution in [0.2, 0.25) is 0 Å². The van der Waals surface area contributed by atoms with E-state index in [2.05, 4.69) is 15.5 Å². The Balaban J connectivity index is 1.40. The smallest absolute Gasteiger partial charge is 0.286 e. The highest BCUT2D eigenvalue weighted by Gasteiger charge is 2.33. The second-order valence-corrected chi connectivity index (χ2v) is 7.77. The first-order chi connectivity index (χ1) is 14.6. The summed E-state index contributed by atoms with van der Waals surface area (Å²) in [6.07, 6.45) is 1.59. The monoisotopic (exact) mass is 426 g/mol. The molecule has 1 unspecified atom stereocenters. The summed E-state index contributed by atoms with van der Waals surface area (Å²) in [7, 11) is 0. The van der Waals surface area contributed by atoms with Crippen LogP contribution in [0.15, 0.2) is 54.6 Å². The molecule has 2 amide bonds. The third-order valence-electron chi connectivity index (χ3n) is 4.68. The molecule has 1 aromatic heterocycles. The number of likely N-dealkylation sites (tertiary alicyclic amines) is 1. The fourth-order valence-electron chi connectivity index (χ4n) is 3.28. The normalized spacial score (nSPS) is 15.8. The van der Waals surface area contributed by atoms with E-state index in [-0.39, 0.29) is 23.6 Å². The van der Waals surface area contributed by atoms with E-state index in [1.165, 1.54) is 18.2 Å². The predicted octanol–water partition coefficient (Wildman–Crippen LogP) is 3.67. The molecule has 1 atom stereocenters. The third-order valence-corrected chi connectivity index (χ3v) is 5.70. The first-order valence-corrected chi connectivity index (χ1v) is 10.3. The molecule has 7 nitrogen and oxygen atoms in total. The van der Waals surface area contributed by atoms with Crippen LogP contribution in [-0.4, -0.2) is 40.1 Å². The molecule has 4 rings (SSSR count). The molecule has 3 aromatic rings. The number of nitrogens with zero attached hydrogens (tertiary/aromatic N) is 3. The lowest BCUT2D eigenvalue weighted by atomic mass is 10.2. The third kappa shape index (κ3) is 4.62. The highest BCUT2D eigenvalue weighted by atomic mass is 32.1.